The van der Waals surface area contributed by atoms with E-state index in [-0.39, 0.29) is 36.2 Å². The van der Waals surface area contributed by atoms with E-state index in [1.807, 2.05) is 38.1 Å². The molecule has 0 fully saturated rings. The summed E-state index contributed by atoms with van der Waals surface area (Å²) in [5.41, 5.74) is 1.50. The molecule has 164 valence electrons. The van der Waals surface area contributed by atoms with Gasteiger partial charge in [0, 0.05) is 19.6 Å². The molecule has 0 heterocycles. The fraction of sp³-hybridized carbons (Fsp3) is 0.409. The van der Waals surface area contributed by atoms with Crippen LogP contribution in [0.15, 0.2) is 47.4 Å². The van der Waals surface area contributed by atoms with Gasteiger partial charge < -0.3 is 10.1 Å². The molecule has 0 spiro atoms. The number of nitrogens with one attached hydrogen (secondary N) is 1. The first-order valence-electron chi connectivity index (χ1n) is 9.96. The minimum Gasteiger partial charge on any atom is -0.374 e. The van der Waals surface area contributed by atoms with Crippen molar-refractivity contribution < 1.29 is 22.3 Å². The molecule has 2 aromatic carbocycles. The van der Waals surface area contributed by atoms with E-state index in [1.165, 1.54) is 10.4 Å². The number of hydrogen-bond donors (Lipinski definition) is 1. The number of hydrogen-bond acceptors (Lipinski definition) is 4. The molecule has 0 unspecified atom stereocenters. The number of amides is 1. The van der Waals surface area contributed by atoms with Crippen LogP contribution in [0.5, 0.6) is 0 Å². The van der Waals surface area contributed by atoms with Crippen molar-refractivity contribution in [2.75, 3.05) is 13.1 Å². The van der Waals surface area contributed by atoms with Gasteiger partial charge in [0.15, 0.2) is 0 Å². The summed E-state index contributed by atoms with van der Waals surface area (Å²) in [5.74, 6) is -1.45. The lowest BCUT2D eigenvalue weighted by Crippen LogP contribution is -2.31. The number of benzene rings is 2. The van der Waals surface area contributed by atoms with Gasteiger partial charge >= 0.3 is 0 Å². The molecule has 6 nitrogen and oxygen atoms in total. The minimum absolute atomic E-state index is 0.106. The lowest BCUT2D eigenvalue weighted by Gasteiger charge is -2.19. The van der Waals surface area contributed by atoms with Gasteiger partial charge in [0.2, 0.25) is 10.0 Å². The number of ether oxygens (including phenoxy) is 1. The second-order valence-electron chi connectivity index (χ2n) is 7.09. The first kappa shape index (κ1) is 24.0. The Bertz CT molecular complexity index is 973. The van der Waals surface area contributed by atoms with Crippen molar-refractivity contribution in [3.8, 4) is 0 Å². The fourth-order valence-electron chi connectivity index (χ4n) is 2.92. The van der Waals surface area contributed by atoms with Crippen LogP contribution in [0.4, 0.5) is 4.39 Å². The van der Waals surface area contributed by atoms with Crippen LogP contribution in [0.25, 0.3) is 0 Å². The summed E-state index contributed by atoms with van der Waals surface area (Å²) in [7, 11) is -3.79. The third kappa shape index (κ3) is 6.10. The Hall–Kier alpha value is -2.29. The van der Waals surface area contributed by atoms with Crippen molar-refractivity contribution in [2.45, 2.75) is 51.8 Å². The Morgan fingerprint density at radius 2 is 1.77 bits per heavy atom. The molecule has 0 aromatic heterocycles. The lowest BCUT2D eigenvalue weighted by atomic mass is 10.1. The quantitative estimate of drug-likeness (QED) is 0.616. The van der Waals surface area contributed by atoms with Gasteiger partial charge in [-0.2, -0.15) is 4.31 Å². The molecule has 1 amide bonds. The maximum atomic E-state index is 14.3. The van der Waals surface area contributed by atoms with Crippen molar-refractivity contribution >= 4 is 15.9 Å². The average molecular weight is 437 g/mol. The molecule has 0 saturated heterocycles. The molecule has 0 aliphatic rings. The first-order valence-corrected chi connectivity index (χ1v) is 11.4. The number of nitrogens with zero attached hydrogens (tertiary/aromatic N) is 1. The predicted octanol–water partition coefficient (Wildman–Crippen LogP) is 3.71. The van der Waals surface area contributed by atoms with Crippen LogP contribution >= 0.6 is 0 Å². The van der Waals surface area contributed by atoms with Crippen molar-refractivity contribution in [2.24, 2.45) is 0 Å². The Morgan fingerprint density at radius 1 is 1.10 bits per heavy atom. The average Bonchev–Trinajstić information content (AvgIpc) is 2.71. The van der Waals surface area contributed by atoms with Gasteiger partial charge in [0.25, 0.3) is 5.91 Å². The molecule has 0 aliphatic heterocycles. The molecular formula is C22H29FN2O4S. The van der Waals surface area contributed by atoms with Crippen LogP contribution < -0.4 is 5.32 Å². The fourth-order valence-corrected chi connectivity index (χ4v) is 4.41. The molecule has 0 atom stereocenters. The summed E-state index contributed by atoms with van der Waals surface area (Å²) in [6, 6.07) is 10.8. The SMILES string of the molecule is CCN(CC)S(=O)(=O)c1ccc(F)c(C(=O)NCc2cccc(COC(C)C)c2)c1. The number of carbonyl (C=O) groups excluding carboxylic acids is 1. The van der Waals surface area contributed by atoms with E-state index in [9.17, 15) is 17.6 Å². The molecule has 2 rings (SSSR count). The molecule has 30 heavy (non-hydrogen) atoms. The van der Waals surface area contributed by atoms with Crippen molar-refractivity contribution in [3.05, 3.63) is 65.0 Å². The molecule has 1 N–H and O–H groups in total. The first-order chi connectivity index (χ1) is 14.2. The molecule has 2 aromatic rings. The van der Waals surface area contributed by atoms with E-state index in [2.05, 4.69) is 5.32 Å². The zero-order valence-electron chi connectivity index (χ0n) is 17.8. The molecular weight excluding hydrogens is 407 g/mol. The van der Waals surface area contributed by atoms with Gasteiger partial charge in [-0.25, -0.2) is 12.8 Å². The van der Waals surface area contributed by atoms with Crippen molar-refractivity contribution in [3.63, 3.8) is 0 Å². The second kappa shape index (κ2) is 10.7. The van der Waals surface area contributed by atoms with Crippen LogP contribution in [0.2, 0.25) is 0 Å². The van der Waals surface area contributed by atoms with Gasteiger partial charge in [-0.05, 0) is 43.2 Å². The summed E-state index contributed by atoms with van der Waals surface area (Å²) in [4.78, 5) is 12.4. The number of rotatable bonds is 10. The summed E-state index contributed by atoms with van der Waals surface area (Å²) >= 11 is 0. The molecule has 0 radical (unpaired) electrons. The van der Waals surface area contributed by atoms with Gasteiger partial charge in [-0.1, -0.05) is 38.1 Å². The normalized spacial score (nSPS) is 11.8. The molecule has 8 heteroatoms. The zero-order chi connectivity index (χ0) is 22.3. The van der Waals surface area contributed by atoms with Crippen molar-refractivity contribution in [1.29, 1.82) is 0 Å². The molecule has 0 aliphatic carbocycles. The maximum Gasteiger partial charge on any atom is 0.254 e. The highest BCUT2D eigenvalue weighted by Crippen LogP contribution is 2.19. The smallest absolute Gasteiger partial charge is 0.254 e. The van der Waals surface area contributed by atoms with Gasteiger partial charge in [0.1, 0.15) is 5.82 Å². The highest BCUT2D eigenvalue weighted by Gasteiger charge is 2.24. The number of sulfonamides is 1. The summed E-state index contributed by atoms with van der Waals surface area (Å²) in [5, 5.41) is 2.66. The van der Waals surface area contributed by atoms with Crippen LogP contribution in [-0.4, -0.2) is 37.8 Å². The Labute approximate surface area is 178 Å². The zero-order valence-corrected chi connectivity index (χ0v) is 18.6. The topological polar surface area (TPSA) is 75.7 Å². The molecule has 0 bridgehead atoms. The van der Waals surface area contributed by atoms with E-state index in [0.29, 0.717) is 6.61 Å². The third-order valence-corrected chi connectivity index (χ3v) is 6.60. The molecule has 0 saturated carbocycles. The maximum absolute atomic E-state index is 14.3. The monoisotopic (exact) mass is 436 g/mol. The predicted molar refractivity (Wildman–Crippen MR) is 114 cm³/mol. The van der Waals surface area contributed by atoms with E-state index in [1.54, 1.807) is 13.8 Å². The highest BCUT2D eigenvalue weighted by atomic mass is 32.2. The number of halogens is 1. The van der Waals surface area contributed by atoms with E-state index < -0.39 is 21.7 Å². The minimum atomic E-state index is -3.79. The van der Waals surface area contributed by atoms with Crippen molar-refractivity contribution in [1.82, 2.24) is 9.62 Å². The summed E-state index contributed by atoms with van der Waals surface area (Å²) in [6.45, 7) is 8.56. The van der Waals surface area contributed by atoms with Gasteiger partial charge in [-0.3, -0.25) is 4.79 Å². The van der Waals surface area contributed by atoms with Crippen LogP contribution in [0.3, 0.4) is 0 Å². The van der Waals surface area contributed by atoms with Crippen LogP contribution in [0, 0.1) is 5.82 Å². The van der Waals surface area contributed by atoms with E-state index >= 15 is 0 Å². The number of carbonyl (C=O) groups is 1. The Balaban J connectivity index is 2.15. The summed E-state index contributed by atoms with van der Waals surface area (Å²) in [6.07, 6.45) is 0.108. The van der Waals surface area contributed by atoms with E-state index in [4.69, 9.17) is 4.74 Å². The third-order valence-electron chi connectivity index (χ3n) is 4.55. The van der Waals surface area contributed by atoms with Crippen LogP contribution in [0.1, 0.15) is 49.2 Å². The Morgan fingerprint density at radius 3 is 2.40 bits per heavy atom. The van der Waals surface area contributed by atoms with Gasteiger partial charge in [0.05, 0.1) is 23.2 Å². The lowest BCUT2D eigenvalue weighted by molar-refractivity contribution is 0.0657. The second-order valence-corrected chi connectivity index (χ2v) is 9.03. The standard InChI is InChI=1S/C22H29FN2O4S/c1-5-25(6-2)30(27,28)19-10-11-21(23)20(13-19)22(26)24-14-17-8-7-9-18(12-17)15-29-16(3)4/h7-13,16H,5-6,14-15H2,1-4H3,(H,24,26). The Kier molecular flexibility index (Phi) is 8.52. The largest absolute Gasteiger partial charge is 0.374 e. The highest BCUT2D eigenvalue weighted by molar-refractivity contribution is 7.89. The summed E-state index contributed by atoms with van der Waals surface area (Å²) < 4.78 is 46.4. The van der Waals surface area contributed by atoms with Gasteiger partial charge in [-0.15, -0.1) is 0 Å². The van der Waals surface area contributed by atoms with Crippen LogP contribution in [-0.2, 0) is 27.9 Å². The van der Waals surface area contributed by atoms with E-state index in [0.717, 1.165) is 23.3 Å².